The molecule has 0 saturated heterocycles. The highest BCUT2D eigenvalue weighted by atomic mass is 32.1. The van der Waals surface area contributed by atoms with Gasteiger partial charge < -0.3 is 4.98 Å². The molecule has 0 fully saturated rings. The van der Waals surface area contributed by atoms with Gasteiger partial charge in [0.1, 0.15) is 5.01 Å². The maximum absolute atomic E-state index is 4.83. The number of nitrogens with zero attached hydrogens (tertiary/aromatic N) is 1. The number of hydrogen-bond acceptors (Lipinski definition) is 2. The summed E-state index contributed by atoms with van der Waals surface area (Å²) >= 11 is 1.70. The van der Waals surface area contributed by atoms with Crippen LogP contribution in [0.3, 0.4) is 0 Å². The lowest BCUT2D eigenvalue weighted by Gasteiger charge is -1.99. The summed E-state index contributed by atoms with van der Waals surface area (Å²) in [6, 6.07) is 17.0. The molecule has 0 aliphatic heterocycles. The molecule has 0 atom stereocenters. The van der Waals surface area contributed by atoms with E-state index < -0.39 is 0 Å². The predicted octanol–water partition coefficient (Wildman–Crippen LogP) is 5.52. The van der Waals surface area contributed by atoms with E-state index in [0.717, 1.165) is 22.6 Å². The molecule has 0 unspecified atom stereocenters. The Balaban J connectivity index is 1.74. The van der Waals surface area contributed by atoms with Gasteiger partial charge in [0.25, 0.3) is 0 Å². The van der Waals surface area contributed by atoms with E-state index in [1.807, 2.05) is 12.3 Å². The van der Waals surface area contributed by atoms with Crippen LogP contribution in [0.5, 0.6) is 0 Å². The largest absolute Gasteiger partial charge is 0.360 e. The zero-order valence-corrected chi connectivity index (χ0v) is 13.2. The van der Waals surface area contributed by atoms with Crippen LogP contribution in [0.1, 0.15) is 12.5 Å². The number of benzene rings is 2. The lowest BCUT2D eigenvalue weighted by Crippen LogP contribution is -1.82. The van der Waals surface area contributed by atoms with Crippen molar-refractivity contribution in [1.82, 2.24) is 9.97 Å². The number of H-pyrrole nitrogens is 1. The maximum atomic E-state index is 4.83. The van der Waals surface area contributed by atoms with Crippen molar-refractivity contribution in [3.8, 4) is 21.8 Å². The molecule has 2 nitrogen and oxygen atoms in total. The van der Waals surface area contributed by atoms with Gasteiger partial charge >= 0.3 is 0 Å². The van der Waals surface area contributed by atoms with Crippen molar-refractivity contribution in [3.05, 3.63) is 65.7 Å². The smallest absolute Gasteiger partial charge is 0.126 e. The summed E-state index contributed by atoms with van der Waals surface area (Å²) in [5, 5.41) is 4.43. The Bertz CT molecular complexity index is 916. The van der Waals surface area contributed by atoms with Crippen molar-refractivity contribution >= 4 is 22.2 Å². The average Bonchev–Trinajstić information content (AvgIpc) is 3.21. The number of fused-ring (bicyclic) bond motifs is 1. The van der Waals surface area contributed by atoms with Crippen molar-refractivity contribution < 1.29 is 0 Å². The fourth-order valence-corrected chi connectivity index (χ4v) is 3.55. The van der Waals surface area contributed by atoms with Crippen LogP contribution in [0.25, 0.3) is 32.7 Å². The molecule has 2 aromatic carbocycles. The van der Waals surface area contributed by atoms with Gasteiger partial charge in [-0.1, -0.05) is 49.4 Å². The number of hydrogen-bond donors (Lipinski definition) is 1. The van der Waals surface area contributed by atoms with Crippen LogP contribution < -0.4 is 0 Å². The van der Waals surface area contributed by atoms with Crippen molar-refractivity contribution in [2.45, 2.75) is 13.3 Å². The lowest BCUT2D eigenvalue weighted by atomic mass is 10.1. The number of aromatic amines is 1. The summed E-state index contributed by atoms with van der Waals surface area (Å²) in [5.74, 6) is 0. The Morgan fingerprint density at radius 1 is 1.05 bits per heavy atom. The molecule has 4 aromatic rings. The van der Waals surface area contributed by atoms with Gasteiger partial charge in [0.15, 0.2) is 0 Å². The van der Waals surface area contributed by atoms with E-state index in [1.54, 1.807) is 11.3 Å². The summed E-state index contributed by atoms with van der Waals surface area (Å²) in [5.41, 5.74) is 5.92. The molecule has 3 heteroatoms. The van der Waals surface area contributed by atoms with Crippen molar-refractivity contribution in [2.75, 3.05) is 0 Å². The number of aromatic nitrogens is 2. The van der Waals surface area contributed by atoms with Crippen LogP contribution in [0.2, 0.25) is 0 Å². The number of nitrogens with one attached hydrogen (secondary N) is 1. The summed E-state index contributed by atoms with van der Waals surface area (Å²) in [6.07, 6.45) is 3.12. The Labute approximate surface area is 133 Å². The molecule has 0 bridgehead atoms. The first-order valence-corrected chi connectivity index (χ1v) is 8.34. The minimum atomic E-state index is 1.05. The van der Waals surface area contributed by atoms with Crippen LogP contribution in [0.15, 0.2) is 60.1 Å². The van der Waals surface area contributed by atoms with Crippen LogP contribution in [-0.2, 0) is 6.42 Å². The monoisotopic (exact) mass is 304 g/mol. The zero-order valence-electron chi connectivity index (χ0n) is 12.3. The summed E-state index contributed by atoms with van der Waals surface area (Å²) in [7, 11) is 0. The average molecular weight is 304 g/mol. The highest BCUT2D eigenvalue weighted by Crippen LogP contribution is 2.33. The first-order chi connectivity index (χ1) is 10.8. The Morgan fingerprint density at radius 3 is 2.68 bits per heavy atom. The van der Waals surface area contributed by atoms with E-state index in [2.05, 4.69) is 59.8 Å². The Hall–Kier alpha value is -2.39. The van der Waals surface area contributed by atoms with Gasteiger partial charge in [-0.2, -0.15) is 0 Å². The highest BCUT2D eigenvalue weighted by Gasteiger charge is 2.10. The second-order valence-corrected chi connectivity index (χ2v) is 6.19. The van der Waals surface area contributed by atoms with E-state index in [-0.39, 0.29) is 0 Å². The van der Waals surface area contributed by atoms with E-state index in [4.69, 9.17) is 4.98 Å². The fraction of sp³-hybridized carbons (Fsp3) is 0.105. The Morgan fingerprint density at radius 2 is 1.86 bits per heavy atom. The van der Waals surface area contributed by atoms with E-state index in [1.165, 1.54) is 22.1 Å². The molecule has 1 N–H and O–H groups in total. The minimum Gasteiger partial charge on any atom is -0.360 e. The third-order valence-electron chi connectivity index (χ3n) is 3.98. The molecule has 22 heavy (non-hydrogen) atoms. The molecule has 0 spiro atoms. The van der Waals surface area contributed by atoms with Crippen LogP contribution >= 0.6 is 11.3 Å². The van der Waals surface area contributed by atoms with Crippen LogP contribution in [0, 0.1) is 0 Å². The number of aryl methyl sites for hydroxylation is 1. The molecular formula is C19H16N2S. The summed E-state index contributed by atoms with van der Waals surface area (Å²) < 4.78 is 0. The van der Waals surface area contributed by atoms with E-state index in [0.29, 0.717) is 0 Å². The van der Waals surface area contributed by atoms with Gasteiger partial charge in [0.2, 0.25) is 0 Å². The topological polar surface area (TPSA) is 28.7 Å². The second kappa shape index (κ2) is 5.43. The van der Waals surface area contributed by atoms with E-state index >= 15 is 0 Å². The van der Waals surface area contributed by atoms with Gasteiger partial charge in [-0.25, -0.2) is 4.98 Å². The molecule has 0 saturated carbocycles. The van der Waals surface area contributed by atoms with Crippen LogP contribution in [-0.4, -0.2) is 9.97 Å². The number of rotatable bonds is 3. The highest BCUT2D eigenvalue weighted by molar-refractivity contribution is 7.13. The van der Waals surface area contributed by atoms with Crippen molar-refractivity contribution in [2.24, 2.45) is 0 Å². The van der Waals surface area contributed by atoms with E-state index in [9.17, 15) is 0 Å². The maximum Gasteiger partial charge on any atom is 0.126 e. The summed E-state index contributed by atoms with van der Waals surface area (Å²) in [6.45, 7) is 2.17. The predicted molar refractivity (Wildman–Crippen MR) is 94.2 cm³/mol. The molecule has 2 aromatic heterocycles. The van der Waals surface area contributed by atoms with Crippen molar-refractivity contribution in [3.63, 3.8) is 0 Å². The van der Waals surface area contributed by atoms with Gasteiger partial charge in [-0.3, -0.25) is 0 Å². The molecule has 0 radical (unpaired) electrons. The van der Waals surface area contributed by atoms with Crippen LogP contribution in [0.4, 0.5) is 0 Å². The Kier molecular flexibility index (Phi) is 3.28. The second-order valence-electron chi connectivity index (χ2n) is 5.34. The zero-order chi connectivity index (χ0) is 14.9. The fourth-order valence-electron chi connectivity index (χ4n) is 2.69. The number of para-hydroxylation sites is 1. The SMILES string of the molecule is CCc1ccc(-c2csc(-c3c[nH]c4ccccc34)n2)cc1. The molecule has 4 rings (SSSR count). The minimum absolute atomic E-state index is 1.05. The molecular weight excluding hydrogens is 288 g/mol. The van der Waals surface area contributed by atoms with Gasteiger partial charge in [0, 0.05) is 33.6 Å². The lowest BCUT2D eigenvalue weighted by molar-refractivity contribution is 1.14. The first-order valence-electron chi connectivity index (χ1n) is 7.46. The third kappa shape index (κ3) is 2.24. The molecule has 2 heterocycles. The molecule has 108 valence electrons. The number of thiazole rings is 1. The normalized spacial score (nSPS) is 11.1. The molecule has 0 amide bonds. The standard InChI is InChI=1S/C19H16N2S/c1-2-13-7-9-14(10-8-13)18-12-22-19(21-18)16-11-20-17-6-4-3-5-15(16)17/h3-12,20H,2H2,1H3. The van der Waals surface area contributed by atoms with Gasteiger partial charge in [-0.15, -0.1) is 11.3 Å². The third-order valence-corrected chi connectivity index (χ3v) is 4.86. The quantitative estimate of drug-likeness (QED) is 0.530. The first kappa shape index (κ1) is 13.3. The molecule has 0 aliphatic rings. The molecule has 0 aliphatic carbocycles. The summed E-state index contributed by atoms with van der Waals surface area (Å²) in [4.78, 5) is 8.14. The van der Waals surface area contributed by atoms with Crippen molar-refractivity contribution in [1.29, 1.82) is 0 Å². The van der Waals surface area contributed by atoms with Gasteiger partial charge in [0.05, 0.1) is 5.69 Å². The van der Waals surface area contributed by atoms with Gasteiger partial charge in [-0.05, 0) is 18.1 Å².